The van der Waals surface area contributed by atoms with E-state index < -0.39 is 12.0 Å². The summed E-state index contributed by atoms with van der Waals surface area (Å²) in [7, 11) is 0. The van der Waals surface area contributed by atoms with Crippen LogP contribution in [-0.2, 0) is 22.6 Å². The predicted molar refractivity (Wildman–Crippen MR) is 161 cm³/mol. The number of carbonyl (C=O) groups is 3. The van der Waals surface area contributed by atoms with Crippen LogP contribution in [0.15, 0.2) is 60.8 Å². The van der Waals surface area contributed by atoms with Crippen molar-refractivity contribution in [1.82, 2.24) is 14.9 Å². The summed E-state index contributed by atoms with van der Waals surface area (Å²) in [5.41, 5.74) is 2.02. The Balaban J connectivity index is 1.58. The number of aliphatic carboxylic acids is 1. The van der Waals surface area contributed by atoms with E-state index in [4.69, 9.17) is 9.72 Å². The summed E-state index contributed by atoms with van der Waals surface area (Å²) in [5, 5.41) is 13.2. The van der Waals surface area contributed by atoms with Gasteiger partial charge in [-0.3, -0.25) is 4.79 Å². The molecule has 11 heteroatoms. The molecule has 42 heavy (non-hydrogen) atoms. The van der Waals surface area contributed by atoms with Crippen molar-refractivity contribution >= 4 is 35.4 Å². The van der Waals surface area contributed by atoms with Crippen molar-refractivity contribution in [3.63, 3.8) is 0 Å². The van der Waals surface area contributed by atoms with Gasteiger partial charge >= 0.3 is 12.1 Å². The predicted octanol–water partition coefficient (Wildman–Crippen LogP) is 4.58. The lowest BCUT2D eigenvalue weighted by Gasteiger charge is -2.27. The fourth-order valence-corrected chi connectivity index (χ4v) is 4.82. The Morgan fingerprint density at radius 1 is 1.00 bits per heavy atom. The van der Waals surface area contributed by atoms with Crippen LogP contribution in [-0.4, -0.2) is 70.2 Å². The maximum atomic E-state index is 12.8. The van der Waals surface area contributed by atoms with Crippen LogP contribution < -0.4 is 19.9 Å². The highest BCUT2D eigenvalue weighted by molar-refractivity contribution is 5.95. The molecule has 0 bridgehead atoms. The van der Waals surface area contributed by atoms with E-state index in [-0.39, 0.29) is 30.8 Å². The van der Waals surface area contributed by atoms with Crippen LogP contribution in [0.5, 0.6) is 5.75 Å². The van der Waals surface area contributed by atoms with E-state index in [1.54, 1.807) is 35.4 Å². The average molecular weight is 575 g/mol. The average Bonchev–Trinajstić information content (AvgIpc) is 3.53. The van der Waals surface area contributed by atoms with Crippen LogP contribution in [0.3, 0.4) is 0 Å². The van der Waals surface area contributed by atoms with Gasteiger partial charge in [0.15, 0.2) is 5.82 Å². The van der Waals surface area contributed by atoms with Crippen molar-refractivity contribution in [1.29, 1.82) is 0 Å². The van der Waals surface area contributed by atoms with Crippen molar-refractivity contribution in [3.05, 3.63) is 71.9 Å². The van der Waals surface area contributed by atoms with Gasteiger partial charge in [0.1, 0.15) is 17.5 Å². The van der Waals surface area contributed by atoms with Crippen LogP contribution in [0, 0.1) is 0 Å². The van der Waals surface area contributed by atoms with E-state index in [0.29, 0.717) is 43.6 Å². The van der Waals surface area contributed by atoms with E-state index in [1.165, 1.54) is 11.8 Å². The van der Waals surface area contributed by atoms with Gasteiger partial charge in [0, 0.05) is 39.5 Å². The van der Waals surface area contributed by atoms with Crippen molar-refractivity contribution in [2.24, 2.45) is 0 Å². The maximum Gasteiger partial charge on any atom is 0.415 e. The highest BCUT2D eigenvalue weighted by Gasteiger charge is 2.25. The molecule has 0 radical (unpaired) electrons. The molecule has 0 saturated carbocycles. The smallest absolute Gasteiger partial charge is 0.415 e. The lowest BCUT2D eigenvalue weighted by atomic mass is 10.1. The molecular formula is C31H38N6O5. The molecule has 1 aliphatic rings. The number of hydrogen-bond donors (Lipinski definition) is 2. The summed E-state index contributed by atoms with van der Waals surface area (Å²) in [6.45, 7) is 8.40. The lowest BCUT2D eigenvalue weighted by Crippen LogP contribution is -2.35. The highest BCUT2D eigenvalue weighted by Crippen LogP contribution is 2.29. The van der Waals surface area contributed by atoms with Crippen LogP contribution in [0.4, 0.5) is 22.2 Å². The van der Waals surface area contributed by atoms with Crippen LogP contribution >= 0.6 is 0 Å². The molecule has 2 amide bonds. The second-order valence-electron chi connectivity index (χ2n) is 10.1. The zero-order valence-electron chi connectivity index (χ0n) is 24.3. The Morgan fingerprint density at radius 2 is 1.67 bits per heavy atom. The fourth-order valence-electron chi connectivity index (χ4n) is 4.82. The first-order chi connectivity index (χ1) is 20.3. The Bertz CT molecular complexity index is 1360. The third kappa shape index (κ3) is 7.74. The van der Waals surface area contributed by atoms with Gasteiger partial charge in [-0.2, -0.15) is 4.98 Å². The number of rotatable bonds is 12. The van der Waals surface area contributed by atoms with Gasteiger partial charge in [-0.15, -0.1) is 0 Å². The minimum absolute atomic E-state index is 0.123. The number of anilines is 3. The maximum absolute atomic E-state index is 12.8. The number of benzene rings is 2. The molecule has 222 valence electrons. The zero-order valence-corrected chi connectivity index (χ0v) is 24.3. The van der Waals surface area contributed by atoms with Crippen molar-refractivity contribution in [3.8, 4) is 5.75 Å². The minimum atomic E-state index is -1.08. The fraction of sp³-hybridized carbons (Fsp3) is 0.387. The van der Waals surface area contributed by atoms with Crippen LogP contribution in [0.25, 0.3) is 0 Å². The molecule has 0 spiro atoms. The first-order valence-corrected chi connectivity index (χ1v) is 14.3. The molecule has 2 N–H and O–H groups in total. The largest absolute Gasteiger partial charge is 0.480 e. The number of aromatic nitrogens is 2. The second-order valence-corrected chi connectivity index (χ2v) is 10.1. The zero-order chi connectivity index (χ0) is 30.1. The molecule has 1 saturated heterocycles. The van der Waals surface area contributed by atoms with Gasteiger partial charge in [0.25, 0.3) is 0 Å². The number of ether oxygens (including phenoxy) is 1. The summed E-state index contributed by atoms with van der Waals surface area (Å²) in [6, 6.07) is 15.3. The standard InChI is InChI=1S/C31H38N6O5/c1-4-35(5-2)30-32-20-27(37(22(3)38)21-24-11-7-6-8-12-24)28(34-30)33-26(29(39)40)19-23-13-15-25(16-14-23)42-31(41)36-17-9-10-18-36/h6-8,11-16,20,26H,4-5,9-10,17-19,21H2,1-3H3,(H,39,40)(H,32,33,34)/t26-/m0/s1. The number of nitrogens with one attached hydrogen (secondary N) is 1. The SMILES string of the molecule is CCN(CC)c1ncc(N(Cc2ccccc2)C(C)=O)c(N[C@@H](Cc2ccc(OC(=O)N3CCCC3)cc2)C(=O)O)n1. The number of amides is 2. The molecule has 11 nitrogen and oxygen atoms in total. The summed E-state index contributed by atoms with van der Waals surface area (Å²) in [6.07, 6.45) is 3.25. The molecule has 1 aliphatic heterocycles. The number of likely N-dealkylation sites (tertiary alicyclic amines) is 1. The monoisotopic (exact) mass is 574 g/mol. The molecule has 1 atom stereocenters. The second kappa shape index (κ2) is 14.3. The topological polar surface area (TPSA) is 128 Å². The first kappa shape index (κ1) is 30.3. The number of nitrogens with zero attached hydrogens (tertiary/aromatic N) is 5. The van der Waals surface area contributed by atoms with Crippen molar-refractivity contribution in [2.45, 2.75) is 52.6 Å². The molecule has 3 aromatic rings. The van der Waals surface area contributed by atoms with E-state index in [9.17, 15) is 19.5 Å². The Labute approximate surface area is 246 Å². The summed E-state index contributed by atoms with van der Waals surface area (Å²) in [5.74, 6) is -0.224. The van der Waals surface area contributed by atoms with Crippen LogP contribution in [0.2, 0.25) is 0 Å². The number of hydrogen-bond acceptors (Lipinski definition) is 8. The normalized spacial score (nSPS) is 13.4. The van der Waals surface area contributed by atoms with Crippen molar-refractivity contribution < 1.29 is 24.2 Å². The molecular weight excluding hydrogens is 536 g/mol. The Kier molecular flexibility index (Phi) is 10.3. The lowest BCUT2D eigenvalue weighted by molar-refractivity contribution is -0.137. The van der Waals surface area contributed by atoms with Crippen LogP contribution in [0.1, 0.15) is 44.7 Å². The Hall–Kier alpha value is -4.67. The van der Waals surface area contributed by atoms with Gasteiger partial charge in [-0.25, -0.2) is 14.6 Å². The Morgan fingerprint density at radius 3 is 2.26 bits per heavy atom. The number of carboxylic acids is 1. The van der Waals surface area contributed by atoms with E-state index >= 15 is 0 Å². The molecule has 4 rings (SSSR count). The molecule has 0 unspecified atom stereocenters. The van der Waals surface area contributed by atoms with Gasteiger partial charge in [0.2, 0.25) is 11.9 Å². The number of carbonyl (C=O) groups excluding carboxylic acids is 2. The molecule has 1 fully saturated rings. The van der Waals surface area contributed by atoms with Gasteiger partial charge in [-0.05, 0) is 49.9 Å². The first-order valence-electron chi connectivity index (χ1n) is 14.3. The van der Waals surface area contributed by atoms with Gasteiger partial charge in [0.05, 0.1) is 12.7 Å². The van der Waals surface area contributed by atoms with E-state index in [2.05, 4.69) is 10.3 Å². The summed E-state index contributed by atoms with van der Waals surface area (Å²) < 4.78 is 5.47. The molecule has 0 aliphatic carbocycles. The van der Waals surface area contributed by atoms with E-state index in [0.717, 1.165) is 24.0 Å². The summed E-state index contributed by atoms with van der Waals surface area (Å²) >= 11 is 0. The highest BCUT2D eigenvalue weighted by atomic mass is 16.6. The minimum Gasteiger partial charge on any atom is -0.480 e. The van der Waals surface area contributed by atoms with E-state index in [1.807, 2.05) is 49.1 Å². The van der Waals surface area contributed by atoms with Gasteiger partial charge in [-0.1, -0.05) is 42.5 Å². The quantitative estimate of drug-likeness (QED) is 0.319. The summed E-state index contributed by atoms with van der Waals surface area (Å²) in [4.78, 5) is 51.9. The van der Waals surface area contributed by atoms with Gasteiger partial charge < -0.3 is 29.9 Å². The third-order valence-corrected chi connectivity index (χ3v) is 7.20. The third-order valence-electron chi connectivity index (χ3n) is 7.20. The molecule has 2 aromatic carbocycles. The van der Waals surface area contributed by atoms with Crippen molar-refractivity contribution in [2.75, 3.05) is 41.3 Å². The molecule has 1 aromatic heterocycles. The number of carboxylic acid groups (broad SMARTS) is 1. The molecule has 2 heterocycles.